The van der Waals surface area contributed by atoms with Crippen molar-refractivity contribution in [1.29, 1.82) is 0 Å². The molecular weight excluding hydrogens is 308 g/mol. The van der Waals surface area contributed by atoms with Crippen LogP contribution in [0.1, 0.15) is 20.7 Å². The van der Waals surface area contributed by atoms with E-state index in [0.29, 0.717) is 0 Å². The van der Waals surface area contributed by atoms with Gasteiger partial charge in [-0.2, -0.15) is 0 Å². The second-order valence-corrected chi connectivity index (χ2v) is 4.90. The molecule has 0 saturated heterocycles. The molecule has 6 nitrogen and oxygen atoms in total. The molecule has 22 heavy (non-hydrogen) atoms. The second-order valence-electron chi connectivity index (χ2n) is 4.32. The number of benzene rings is 2. The van der Waals surface area contributed by atoms with E-state index in [1.165, 1.54) is 48.5 Å². The monoisotopic (exact) mass is 319 g/mol. The van der Waals surface area contributed by atoms with E-state index in [1.807, 2.05) is 0 Å². The Morgan fingerprint density at radius 3 is 1.59 bits per heavy atom. The van der Waals surface area contributed by atoms with E-state index in [1.54, 1.807) is 12.1 Å². The molecule has 0 aliphatic rings. The highest BCUT2D eigenvalue weighted by atomic mass is 32.2. The van der Waals surface area contributed by atoms with Gasteiger partial charge in [0.25, 0.3) is 0 Å². The van der Waals surface area contributed by atoms with Crippen LogP contribution in [0.3, 0.4) is 0 Å². The molecule has 1 unspecified atom stereocenters. The molecule has 0 amide bonds. The van der Waals surface area contributed by atoms with Gasteiger partial charge < -0.3 is 9.66 Å². The summed E-state index contributed by atoms with van der Waals surface area (Å²) in [6, 6.07) is 14.6. The molecule has 0 fully saturated rings. The lowest BCUT2D eigenvalue weighted by Crippen LogP contribution is -2.49. The van der Waals surface area contributed by atoms with Gasteiger partial charge in [-0.25, -0.2) is 8.39 Å². The fraction of sp³-hybridized carbons (Fsp3) is 0.0667. The summed E-state index contributed by atoms with van der Waals surface area (Å²) in [5.41, 5.74) is -0.112. The van der Waals surface area contributed by atoms with Crippen molar-refractivity contribution in [2.75, 3.05) is 0 Å². The van der Waals surface area contributed by atoms with Crippen LogP contribution in [0, 0.1) is 0 Å². The van der Waals surface area contributed by atoms with Crippen LogP contribution in [0.2, 0.25) is 0 Å². The van der Waals surface area contributed by atoms with Crippen LogP contribution < -0.4 is 0 Å². The minimum Gasteiger partial charge on any atom is -0.750 e. The number of hydrogen-bond donors (Lipinski definition) is 1. The number of rotatable bonds is 6. The van der Waals surface area contributed by atoms with Gasteiger partial charge in [0, 0.05) is 11.1 Å². The van der Waals surface area contributed by atoms with Crippen LogP contribution in [0.15, 0.2) is 60.7 Å². The van der Waals surface area contributed by atoms with E-state index in [0.717, 1.165) is 0 Å². The molecule has 0 aliphatic heterocycles. The number of ketones is 2. The molecule has 2 rings (SSSR count). The third kappa shape index (κ3) is 3.34. The standard InChI is InChI=1S/C15H12O6S/c16-13(11-7-3-1-4-8-11)15(18,21-22(19)20)14(17)12-9-5-2-6-10-12/h1-10,18H,(H,19,20)/p-1. The lowest BCUT2D eigenvalue weighted by molar-refractivity contribution is -0.0688. The maximum atomic E-state index is 12.3. The third-order valence-corrected chi connectivity index (χ3v) is 3.25. The minimum absolute atomic E-state index is 0.0558. The van der Waals surface area contributed by atoms with Crippen LogP contribution in [0.4, 0.5) is 0 Å². The average molecular weight is 319 g/mol. The van der Waals surface area contributed by atoms with E-state index in [9.17, 15) is 23.5 Å². The highest BCUT2D eigenvalue weighted by Gasteiger charge is 2.47. The van der Waals surface area contributed by atoms with Crippen LogP contribution in [0.5, 0.6) is 0 Å². The Morgan fingerprint density at radius 1 is 0.909 bits per heavy atom. The number of Topliss-reactive ketones (excluding diaryl/α,β-unsaturated/α-hetero) is 2. The highest BCUT2D eigenvalue weighted by Crippen LogP contribution is 2.22. The van der Waals surface area contributed by atoms with Gasteiger partial charge in [-0.05, 0) is 0 Å². The predicted molar refractivity (Wildman–Crippen MR) is 76.5 cm³/mol. The summed E-state index contributed by atoms with van der Waals surface area (Å²) in [6.45, 7) is 0. The van der Waals surface area contributed by atoms with Gasteiger partial charge in [-0.15, -0.1) is 0 Å². The topological polar surface area (TPSA) is 104 Å². The van der Waals surface area contributed by atoms with Crippen LogP contribution in [-0.4, -0.2) is 31.2 Å². The molecule has 2 aromatic rings. The lowest BCUT2D eigenvalue weighted by Gasteiger charge is -2.25. The molecule has 2 aromatic carbocycles. The first kappa shape index (κ1) is 16.2. The summed E-state index contributed by atoms with van der Waals surface area (Å²) in [5, 5.41) is 10.3. The maximum Gasteiger partial charge on any atom is 0.309 e. The molecule has 0 radical (unpaired) electrons. The van der Waals surface area contributed by atoms with E-state index in [2.05, 4.69) is 4.18 Å². The summed E-state index contributed by atoms with van der Waals surface area (Å²) >= 11 is -3.27. The summed E-state index contributed by atoms with van der Waals surface area (Å²) in [7, 11) is 0. The molecule has 0 saturated carbocycles. The zero-order chi connectivity index (χ0) is 16.2. The maximum absolute atomic E-state index is 12.3. The van der Waals surface area contributed by atoms with Crippen molar-refractivity contribution in [3.05, 3.63) is 71.8 Å². The normalized spacial score (nSPS) is 12.6. The number of carbonyl (C=O) groups excluding carboxylic acids is 2. The SMILES string of the molecule is O=C(c1ccccc1)C(O)(OS(=O)[O-])C(=O)c1ccccc1. The largest absolute Gasteiger partial charge is 0.750 e. The van der Waals surface area contributed by atoms with Crippen molar-refractivity contribution >= 4 is 22.9 Å². The van der Waals surface area contributed by atoms with E-state index >= 15 is 0 Å². The molecule has 0 spiro atoms. The second kappa shape index (κ2) is 6.71. The summed E-state index contributed by atoms with van der Waals surface area (Å²) in [4.78, 5) is 24.7. The zero-order valence-electron chi connectivity index (χ0n) is 11.2. The Bertz CT molecular complexity index is 647. The average Bonchev–Trinajstić information content (AvgIpc) is 2.54. The lowest BCUT2D eigenvalue weighted by atomic mass is 9.95. The fourth-order valence-corrected chi connectivity index (χ4v) is 2.20. The van der Waals surface area contributed by atoms with Gasteiger partial charge in [0.1, 0.15) is 0 Å². The Morgan fingerprint density at radius 2 is 1.27 bits per heavy atom. The van der Waals surface area contributed by atoms with Gasteiger partial charge in [-0.1, -0.05) is 60.7 Å². The molecule has 0 heterocycles. The molecule has 0 aliphatic carbocycles. The van der Waals surface area contributed by atoms with Crippen molar-refractivity contribution in [3.63, 3.8) is 0 Å². The smallest absolute Gasteiger partial charge is 0.309 e. The van der Waals surface area contributed by atoms with Gasteiger partial charge in [0.15, 0.2) is 0 Å². The van der Waals surface area contributed by atoms with Gasteiger partial charge in [0.2, 0.25) is 11.6 Å². The first-order chi connectivity index (χ1) is 10.4. The molecule has 1 N–H and O–H groups in total. The summed E-state index contributed by atoms with van der Waals surface area (Å²) in [5.74, 6) is -5.47. The predicted octanol–water partition coefficient (Wildman–Crippen LogP) is 1.25. The molecule has 0 aromatic heterocycles. The number of aliphatic hydroxyl groups is 1. The van der Waals surface area contributed by atoms with E-state index in [-0.39, 0.29) is 11.1 Å². The van der Waals surface area contributed by atoms with Gasteiger partial charge in [0.05, 0.1) is 11.4 Å². The van der Waals surface area contributed by atoms with Crippen molar-refractivity contribution < 1.29 is 27.6 Å². The summed E-state index contributed by atoms with van der Waals surface area (Å²) < 4.78 is 25.8. The van der Waals surface area contributed by atoms with Gasteiger partial charge >= 0.3 is 5.79 Å². The molecule has 1 atom stereocenters. The molecule has 7 heteroatoms. The van der Waals surface area contributed by atoms with E-state index in [4.69, 9.17) is 0 Å². The van der Waals surface area contributed by atoms with Crippen LogP contribution in [-0.2, 0) is 15.5 Å². The molecule has 114 valence electrons. The molecular formula is C15H11O6S-. The molecule has 0 bridgehead atoms. The van der Waals surface area contributed by atoms with Crippen LogP contribution in [0.25, 0.3) is 0 Å². The third-order valence-electron chi connectivity index (χ3n) is 2.88. The quantitative estimate of drug-likeness (QED) is 0.372. The Labute approximate surface area is 128 Å². The fourth-order valence-electron chi connectivity index (χ4n) is 1.85. The Hall–Kier alpha value is -2.19. The number of hydrogen-bond acceptors (Lipinski definition) is 6. The van der Waals surface area contributed by atoms with Crippen molar-refractivity contribution in [2.24, 2.45) is 0 Å². The Balaban J connectivity index is 2.46. The van der Waals surface area contributed by atoms with E-state index < -0.39 is 28.7 Å². The zero-order valence-corrected chi connectivity index (χ0v) is 12.0. The van der Waals surface area contributed by atoms with Crippen molar-refractivity contribution in [2.45, 2.75) is 5.79 Å². The first-order valence-electron chi connectivity index (χ1n) is 6.16. The van der Waals surface area contributed by atoms with Crippen molar-refractivity contribution in [3.8, 4) is 0 Å². The summed E-state index contributed by atoms with van der Waals surface area (Å²) in [6.07, 6.45) is 0. The first-order valence-corrected chi connectivity index (χ1v) is 7.16. The number of carbonyl (C=O) groups is 2. The minimum atomic E-state index is -3.27. The Kier molecular flexibility index (Phi) is 4.94. The van der Waals surface area contributed by atoms with Gasteiger partial charge in [-0.3, -0.25) is 9.59 Å². The highest BCUT2D eigenvalue weighted by molar-refractivity contribution is 7.74. The van der Waals surface area contributed by atoms with Crippen molar-refractivity contribution in [1.82, 2.24) is 0 Å². The van der Waals surface area contributed by atoms with Crippen LogP contribution >= 0.6 is 0 Å².